The lowest BCUT2D eigenvalue weighted by molar-refractivity contribution is -0.154. The van der Waals surface area contributed by atoms with Crippen LogP contribution in [0.25, 0.3) is 0 Å². The van der Waals surface area contributed by atoms with E-state index in [4.69, 9.17) is 9.47 Å². The second-order valence-corrected chi connectivity index (χ2v) is 9.81. The molecule has 1 aromatic carbocycles. The van der Waals surface area contributed by atoms with E-state index in [2.05, 4.69) is 31.2 Å². The predicted molar refractivity (Wildman–Crippen MR) is 112 cm³/mol. The summed E-state index contributed by atoms with van der Waals surface area (Å²) in [5.41, 5.74) is -0.370. The van der Waals surface area contributed by atoms with E-state index in [1.54, 1.807) is 13.2 Å². The highest BCUT2D eigenvalue weighted by Crippen LogP contribution is 2.80. The van der Waals surface area contributed by atoms with Gasteiger partial charge in [-0.2, -0.15) is 0 Å². The van der Waals surface area contributed by atoms with Crippen LogP contribution in [0, 0.1) is 22.7 Å². The first-order chi connectivity index (χ1) is 14.4. The first-order valence-electron chi connectivity index (χ1n) is 10.9. The molecule has 1 heterocycles. The molecule has 1 aromatic rings. The van der Waals surface area contributed by atoms with Crippen LogP contribution in [-0.4, -0.2) is 24.5 Å². The molecule has 1 spiro atoms. The molecule has 5 aliphatic rings. The Bertz CT molecular complexity index is 1050. The molecule has 6 rings (SSSR count). The number of benzene rings is 1. The fourth-order valence-electron chi connectivity index (χ4n) is 7.97. The number of allylic oxidation sites excluding steroid dienone is 3. The molecular formula is C26H26O4. The van der Waals surface area contributed by atoms with Crippen LogP contribution < -0.4 is 4.74 Å². The molecule has 2 bridgehead atoms. The first-order valence-corrected chi connectivity index (χ1v) is 10.9. The topological polar surface area (TPSA) is 52.6 Å². The third kappa shape index (κ3) is 1.77. The zero-order chi connectivity index (χ0) is 20.8. The van der Waals surface area contributed by atoms with Gasteiger partial charge in [0.25, 0.3) is 0 Å². The summed E-state index contributed by atoms with van der Waals surface area (Å²) in [6.45, 7) is 2.37. The van der Waals surface area contributed by atoms with Gasteiger partial charge >= 0.3 is 5.97 Å². The Balaban J connectivity index is 1.63. The van der Waals surface area contributed by atoms with E-state index in [1.807, 2.05) is 24.3 Å². The zero-order valence-electron chi connectivity index (χ0n) is 17.4. The van der Waals surface area contributed by atoms with Crippen molar-refractivity contribution in [2.75, 3.05) is 7.11 Å². The number of rotatable bonds is 2. The zero-order valence-corrected chi connectivity index (χ0v) is 17.4. The van der Waals surface area contributed by atoms with Crippen molar-refractivity contribution in [2.45, 2.75) is 43.6 Å². The van der Waals surface area contributed by atoms with Gasteiger partial charge in [-0.25, -0.2) is 4.79 Å². The maximum Gasteiger partial charge on any atom is 0.331 e. The first kappa shape index (κ1) is 18.2. The molecule has 0 aromatic heterocycles. The normalized spacial score (nSPS) is 45.0. The predicted octanol–water partition coefficient (Wildman–Crippen LogP) is 4.31. The lowest BCUT2D eigenvalue weighted by Crippen LogP contribution is -2.53. The van der Waals surface area contributed by atoms with Gasteiger partial charge in [-0.15, -0.1) is 0 Å². The number of hydrogen-bond donors (Lipinski definition) is 0. The van der Waals surface area contributed by atoms with E-state index < -0.39 is 11.0 Å². The molecule has 0 unspecified atom stereocenters. The smallest absolute Gasteiger partial charge is 0.331 e. The number of fused-ring (bicyclic) bond motifs is 3. The van der Waals surface area contributed by atoms with Crippen molar-refractivity contribution in [3.05, 3.63) is 66.3 Å². The van der Waals surface area contributed by atoms with Crippen LogP contribution in [0.4, 0.5) is 0 Å². The van der Waals surface area contributed by atoms with Crippen LogP contribution in [0.2, 0.25) is 0 Å². The highest BCUT2D eigenvalue weighted by molar-refractivity contribution is 5.98. The summed E-state index contributed by atoms with van der Waals surface area (Å²) in [5, 5.41) is 0. The van der Waals surface area contributed by atoms with Crippen molar-refractivity contribution in [2.24, 2.45) is 22.7 Å². The molecule has 2 saturated carbocycles. The number of esters is 1. The highest BCUT2D eigenvalue weighted by atomic mass is 16.6. The van der Waals surface area contributed by atoms with E-state index in [0.717, 1.165) is 37.0 Å². The van der Waals surface area contributed by atoms with Gasteiger partial charge in [0.2, 0.25) is 0 Å². The largest absolute Gasteiger partial charge is 0.497 e. The Morgan fingerprint density at radius 3 is 2.40 bits per heavy atom. The minimum Gasteiger partial charge on any atom is -0.497 e. The Labute approximate surface area is 176 Å². The molecule has 154 valence electrons. The monoisotopic (exact) mass is 402 g/mol. The molecular weight excluding hydrogens is 376 g/mol. The molecule has 0 saturated heterocycles. The van der Waals surface area contributed by atoms with E-state index >= 15 is 0 Å². The molecule has 1 aliphatic heterocycles. The van der Waals surface area contributed by atoms with E-state index in [0.29, 0.717) is 0 Å². The Morgan fingerprint density at radius 1 is 0.967 bits per heavy atom. The molecule has 0 amide bonds. The molecule has 4 heteroatoms. The van der Waals surface area contributed by atoms with Crippen LogP contribution in [0.1, 0.15) is 38.2 Å². The Hall–Kier alpha value is -2.62. The van der Waals surface area contributed by atoms with Crippen LogP contribution in [-0.2, 0) is 19.7 Å². The standard InChI is InChI=1S/C26H26O4/c1-23-11-3-4-12-24(23)15-16-26(23,17-5-7-18(29-2)8-6-17)21-19(27)9-13-25(22(21)24)14-10-20(28)30-25/h5-10,13-16,21-22H,3-4,11-12H2,1-2H3/t21-,22+,23+,24-,25-,26-/m1/s1. The van der Waals surface area contributed by atoms with Crippen molar-refractivity contribution < 1.29 is 19.1 Å². The van der Waals surface area contributed by atoms with Crippen LogP contribution >= 0.6 is 0 Å². The Kier molecular flexibility index (Phi) is 3.36. The summed E-state index contributed by atoms with van der Waals surface area (Å²) in [6, 6.07) is 8.23. The molecule has 4 aliphatic carbocycles. The number of ketones is 1. The molecule has 2 fully saturated rings. The SMILES string of the molecule is COc1ccc([C@@]23C=C[C@]4(CCCC[C@@]42C)[C@@H]2[C@H]3C(=O)C=C[C@@]23C=CC(=O)O3)cc1. The second kappa shape index (κ2) is 5.54. The Morgan fingerprint density at radius 2 is 1.70 bits per heavy atom. The number of ether oxygens (including phenoxy) is 2. The van der Waals surface area contributed by atoms with Crippen molar-refractivity contribution in [1.29, 1.82) is 0 Å². The van der Waals surface area contributed by atoms with Gasteiger partial charge < -0.3 is 9.47 Å². The fourth-order valence-corrected chi connectivity index (χ4v) is 7.97. The molecule has 0 radical (unpaired) electrons. The minimum absolute atomic E-state index is 0.0809. The van der Waals surface area contributed by atoms with Gasteiger partial charge in [-0.3, -0.25) is 4.79 Å². The van der Waals surface area contributed by atoms with Crippen molar-refractivity contribution in [3.8, 4) is 5.75 Å². The minimum atomic E-state index is -0.826. The van der Waals surface area contributed by atoms with Gasteiger partial charge in [0.1, 0.15) is 5.75 Å². The van der Waals surface area contributed by atoms with Crippen LogP contribution in [0.5, 0.6) is 5.75 Å². The lowest BCUT2D eigenvalue weighted by Gasteiger charge is -2.52. The van der Waals surface area contributed by atoms with Gasteiger partial charge in [0, 0.05) is 28.7 Å². The summed E-state index contributed by atoms with van der Waals surface area (Å²) in [7, 11) is 1.67. The summed E-state index contributed by atoms with van der Waals surface area (Å²) in [6.07, 6.45) is 16.0. The third-order valence-corrected chi connectivity index (χ3v) is 9.11. The molecule has 30 heavy (non-hydrogen) atoms. The number of methoxy groups -OCH3 is 1. The van der Waals surface area contributed by atoms with Crippen molar-refractivity contribution in [1.82, 2.24) is 0 Å². The average molecular weight is 402 g/mol. The second-order valence-electron chi connectivity index (χ2n) is 9.81. The third-order valence-electron chi connectivity index (χ3n) is 9.11. The van der Waals surface area contributed by atoms with Crippen molar-refractivity contribution in [3.63, 3.8) is 0 Å². The summed E-state index contributed by atoms with van der Waals surface area (Å²) >= 11 is 0. The van der Waals surface area contributed by atoms with E-state index in [9.17, 15) is 9.59 Å². The van der Waals surface area contributed by atoms with Gasteiger partial charge in [0.15, 0.2) is 11.4 Å². The lowest BCUT2D eigenvalue weighted by atomic mass is 9.52. The number of carbonyl (C=O) groups is 2. The van der Waals surface area contributed by atoms with Gasteiger partial charge in [-0.1, -0.05) is 44.1 Å². The van der Waals surface area contributed by atoms with E-state index in [1.165, 1.54) is 6.08 Å². The summed E-state index contributed by atoms with van der Waals surface area (Å²) in [4.78, 5) is 25.8. The molecule has 4 nitrogen and oxygen atoms in total. The summed E-state index contributed by atoms with van der Waals surface area (Å²) in [5.74, 6) is 0.317. The fraction of sp³-hybridized carbons (Fsp3) is 0.462. The van der Waals surface area contributed by atoms with Crippen LogP contribution in [0.3, 0.4) is 0 Å². The van der Waals surface area contributed by atoms with E-state index in [-0.39, 0.29) is 34.4 Å². The van der Waals surface area contributed by atoms with Gasteiger partial charge in [0.05, 0.1) is 7.11 Å². The highest BCUT2D eigenvalue weighted by Gasteiger charge is 2.80. The van der Waals surface area contributed by atoms with Crippen LogP contribution in [0.15, 0.2) is 60.7 Å². The molecule has 0 N–H and O–H groups in total. The van der Waals surface area contributed by atoms with Gasteiger partial charge in [-0.05, 0) is 54.2 Å². The number of carbonyl (C=O) groups excluding carboxylic acids is 2. The average Bonchev–Trinajstić information content (AvgIpc) is 3.33. The quantitative estimate of drug-likeness (QED) is 0.547. The molecule has 6 atom stereocenters. The van der Waals surface area contributed by atoms with Crippen molar-refractivity contribution >= 4 is 11.8 Å². The maximum absolute atomic E-state index is 13.6. The maximum atomic E-state index is 13.6. The summed E-state index contributed by atoms with van der Waals surface area (Å²) < 4.78 is 11.4. The number of hydrogen-bond acceptors (Lipinski definition) is 4.